The first-order chi connectivity index (χ1) is 13.8. The molecule has 160 valence electrons. The molecule has 1 aromatic rings. The van der Waals surface area contributed by atoms with E-state index in [0.717, 1.165) is 31.6 Å². The van der Waals surface area contributed by atoms with Crippen molar-refractivity contribution in [3.63, 3.8) is 0 Å². The molecule has 29 heavy (non-hydrogen) atoms. The summed E-state index contributed by atoms with van der Waals surface area (Å²) in [4.78, 5) is 24.1. The Morgan fingerprint density at radius 3 is 1.90 bits per heavy atom. The molecule has 2 aliphatic carbocycles. The molecule has 0 saturated heterocycles. The standard InChI is InChI=1S/C25H36O4/c1-17(26)18-6-5-7-19(16-18)24(27)29-23-14-10-21(11-15-23)25(2,3)20-8-12-22(28-4)13-9-20/h5-7,16,20-23H,8-15H2,1-4H3. The van der Waals surface area contributed by atoms with Gasteiger partial charge in [-0.1, -0.05) is 26.0 Å². The van der Waals surface area contributed by atoms with Crippen molar-refractivity contribution in [1.29, 1.82) is 0 Å². The zero-order valence-corrected chi connectivity index (χ0v) is 18.4. The van der Waals surface area contributed by atoms with Crippen LogP contribution in [-0.2, 0) is 9.47 Å². The smallest absolute Gasteiger partial charge is 0.338 e. The molecule has 2 fully saturated rings. The van der Waals surface area contributed by atoms with Crippen molar-refractivity contribution in [2.45, 2.75) is 84.3 Å². The molecule has 3 rings (SSSR count). The number of methoxy groups -OCH3 is 1. The Hall–Kier alpha value is -1.68. The number of esters is 1. The highest BCUT2D eigenvalue weighted by Crippen LogP contribution is 2.48. The molecule has 2 saturated carbocycles. The van der Waals surface area contributed by atoms with E-state index in [1.54, 1.807) is 24.3 Å². The van der Waals surface area contributed by atoms with Gasteiger partial charge in [0.05, 0.1) is 11.7 Å². The second kappa shape index (κ2) is 9.42. The van der Waals surface area contributed by atoms with Gasteiger partial charge in [0.2, 0.25) is 0 Å². The van der Waals surface area contributed by atoms with Crippen molar-refractivity contribution in [1.82, 2.24) is 0 Å². The van der Waals surface area contributed by atoms with Gasteiger partial charge in [0.15, 0.2) is 5.78 Å². The molecular weight excluding hydrogens is 364 g/mol. The minimum atomic E-state index is -0.311. The topological polar surface area (TPSA) is 52.6 Å². The van der Waals surface area contributed by atoms with Crippen LogP contribution >= 0.6 is 0 Å². The Morgan fingerprint density at radius 1 is 0.862 bits per heavy atom. The van der Waals surface area contributed by atoms with E-state index in [1.807, 2.05) is 7.11 Å². The zero-order valence-electron chi connectivity index (χ0n) is 18.4. The van der Waals surface area contributed by atoms with Gasteiger partial charge in [-0.05, 0) is 87.7 Å². The third-order valence-electron chi connectivity index (χ3n) is 7.56. The van der Waals surface area contributed by atoms with Crippen LogP contribution in [0.4, 0.5) is 0 Å². The van der Waals surface area contributed by atoms with Crippen LogP contribution in [0.15, 0.2) is 24.3 Å². The molecule has 0 aromatic heterocycles. The van der Waals surface area contributed by atoms with E-state index in [9.17, 15) is 9.59 Å². The Morgan fingerprint density at radius 2 is 1.38 bits per heavy atom. The molecule has 4 nitrogen and oxygen atoms in total. The Labute approximate surface area is 175 Å². The molecule has 0 heterocycles. The molecule has 0 aliphatic heterocycles. The van der Waals surface area contributed by atoms with Crippen molar-refractivity contribution < 1.29 is 19.1 Å². The van der Waals surface area contributed by atoms with Gasteiger partial charge in [0.1, 0.15) is 6.10 Å². The fraction of sp³-hybridized carbons (Fsp3) is 0.680. The van der Waals surface area contributed by atoms with Gasteiger partial charge in [-0.2, -0.15) is 0 Å². The second-order valence-electron chi connectivity index (χ2n) is 9.55. The van der Waals surface area contributed by atoms with Crippen LogP contribution in [0.2, 0.25) is 0 Å². The first kappa shape index (κ1) is 22.0. The predicted molar refractivity (Wildman–Crippen MR) is 114 cm³/mol. The number of carbonyl (C=O) groups is 2. The summed E-state index contributed by atoms with van der Waals surface area (Å²) in [5.41, 5.74) is 1.34. The molecule has 1 aromatic carbocycles. The van der Waals surface area contributed by atoms with Crippen molar-refractivity contribution in [3.05, 3.63) is 35.4 Å². The summed E-state index contributed by atoms with van der Waals surface area (Å²) in [6, 6.07) is 6.83. The van der Waals surface area contributed by atoms with Crippen molar-refractivity contribution >= 4 is 11.8 Å². The lowest BCUT2D eigenvalue weighted by atomic mass is 9.60. The maximum absolute atomic E-state index is 12.5. The summed E-state index contributed by atoms with van der Waals surface area (Å²) in [5.74, 6) is 1.09. The number of ketones is 1. The molecule has 0 bridgehead atoms. The third kappa shape index (κ3) is 5.28. The largest absolute Gasteiger partial charge is 0.459 e. The molecular formula is C25H36O4. The van der Waals surface area contributed by atoms with Crippen LogP contribution in [-0.4, -0.2) is 31.1 Å². The Balaban J connectivity index is 1.52. The van der Waals surface area contributed by atoms with E-state index in [0.29, 0.717) is 28.6 Å². The summed E-state index contributed by atoms with van der Waals surface area (Å²) in [6.45, 7) is 6.39. The van der Waals surface area contributed by atoms with Gasteiger partial charge in [-0.15, -0.1) is 0 Å². The van der Waals surface area contributed by atoms with Crippen molar-refractivity contribution in [2.24, 2.45) is 17.3 Å². The lowest BCUT2D eigenvalue weighted by Crippen LogP contribution is -2.39. The number of hydrogen-bond acceptors (Lipinski definition) is 4. The quantitative estimate of drug-likeness (QED) is 0.445. The number of carbonyl (C=O) groups excluding carboxylic acids is 2. The lowest BCUT2D eigenvalue weighted by Gasteiger charge is -2.46. The van der Waals surface area contributed by atoms with Gasteiger partial charge in [-0.25, -0.2) is 4.79 Å². The predicted octanol–water partition coefficient (Wildman–Crippen LogP) is 5.84. The average molecular weight is 401 g/mol. The molecule has 0 spiro atoms. The highest BCUT2D eigenvalue weighted by atomic mass is 16.5. The molecule has 0 amide bonds. The molecule has 2 aliphatic rings. The van der Waals surface area contributed by atoms with Gasteiger partial charge < -0.3 is 9.47 Å². The Kier molecular flexibility index (Phi) is 7.15. The fourth-order valence-corrected chi connectivity index (χ4v) is 5.39. The summed E-state index contributed by atoms with van der Waals surface area (Å²) in [5, 5.41) is 0. The van der Waals surface area contributed by atoms with Crippen LogP contribution in [0.25, 0.3) is 0 Å². The van der Waals surface area contributed by atoms with E-state index in [1.165, 1.54) is 32.6 Å². The first-order valence-electron chi connectivity index (χ1n) is 11.2. The normalized spacial score (nSPS) is 28.0. The minimum Gasteiger partial charge on any atom is -0.459 e. The average Bonchev–Trinajstić information content (AvgIpc) is 2.74. The number of benzene rings is 1. The van der Waals surface area contributed by atoms with Crippen LogP contribution in [0.3, 0.4) is 0 Å². The van der Waals surface area contributed by atoms with E-state index in [-0.39, 0.29) is 17.9 Å². The van der Waals surface area contributed by atoms with Crippen LogP contribution in [0, 0.1) is 17.3 Å². The van der Waals surface area contributed by atoms with Crippen molar-refractivity contribution in [2.75, 3.05) is 7.11 Å². The highest BCUT2D eigenvalue weighted by molar-refractivity contribution is 5.97. The minimum absolute atomic E-state index is 0.0141. The number of Topliss-reactive ketones (excluding diaryl/α,β-unsaturated/α-hetero) is 1. The lowest BCUT2D eigenvalue weighted by molar-refractivity contribution is -0.0187. The fourth-order valence-electron chi connectivity index (χ4n) is 5.39. The van der Waals surface area contributed by atoms with E-state index >= 15 is 0 Å². The highest BCUT2D eigenvalue weighted by Gasteiger charge is 2.41. The number of ether oxygens (including phenoxy) is 2. The summed E-state index contributed by atoms with van der Waals surface area (Å²) < 4.78 is 11.3. The van der Waals surface area contributed by atoms with Crippen molar-refractivity contribution in [3.8, 4) is 0 Å². The van der Waals surface area contributed by atoms with Gasteiger partial charge in [0.25, 0.3) is 0 Å². The summed E-state index contributed by atoms with van der Waals surface area (Å²) >= 11 is 0. The molecule has 4 heteroatoms. The number of hydrogen-bond donors (Lipinski definition) is 0. The maximum atomic E-state index is 12.5. The third-order valence-corrected chi connectivity index (χ3v) is 7.56. The van der Waals surface area contributed by atoms with Crippen LogP contribution in [0.1, 0.15) is 92.9 Å². The summed E-state index contributed by atoms with van der Waals surface area (Å²) in [6.07, 6.45) is 9.39. The first-order valence-corrected chi connectivity index (χ1v) is 11.2. The van der Waals surface area contributed by atoms with Crippen LogP contribution < -0.4 is 0 Å². The van der Waals surface area contributed by atoms with Crippen LogP contribution in [0.5, 0.6) is 0 Å². The number of rotatable bonds is 6. The molecule has 0 radical (unpaired) electrons. The maximum Gasteiger partial charge on any atom is 0.338 e. The summed E-state index contributed by atoms with van der Waals surface area (Å²) in [7, 11) is 1.83. The second-order valence-corrected chi connectivity index (χ2v) is 9.55. The molecule has 0 unspecified atom stereocenters. The Bertz CT molecular complexity index is 707. The van der Waals surface area contributed by atoms with E-state index in [4.69, 9.17) is 9.47 Å². The van der Waals surface area contributed by atoms with Gasteiger partial charge in [0, 0.05) is 12.7 Å². The SMILES string of the molecule is COC1CCC(C(C)(C)C2CCC(OC(=O)c3cccc(C(C)=O)c3)CC2)CC1. The van der Waals surface area contributed by atoms with E-state index in [2.05, 4.69) is 13.8 Å². The van der Waals surface area contributed by atoms with Gasteiger partial charge in [-0.3, -0.25) is 4.79 Å². The molecule has 0 atom stereocenters. The molecule has 0 N–H and O–H groups in total. The van der Waals surface area contributed by atoms with E-state index < -0.39 is 0 Å². The zero-order chi connectivity index (χ0) is 21.0. The van der Waals surface area contributed by atoms with Gasteiger partial charge >= 0.3 is 5.97 Å². The monoisotopic (exact) mass is 400 g/mol.